The first-order valence-electron chi connectivity index (χ1n) is 6.61. The van der Waals surface area contributed by atoms with E-state index < -0.39 is 0 Å². The van der Waals surface area contributed by atoms with Gasteiger partial charge in [-0.15, -0.1) is 0 Å². The van der Waals surface area contributed by atoms with Crippen LogP contribution in [0.4, 0.5) is 5.69 Å². The van der Waals surface area contributed by atoms with E-state index >= 15 is 0 Å². The van der Waals surface area contributed by atoms with Crippen LogP contribution in [0.15, 0.2) is 18.2 Å². The van der Waals surface area contributed by atoms with E-state index in [-0.39, 0.29) is 12.5 Å². The maximum Gasteiger partial charge on any atom is 0.238 e. The SMILES string of the molecule is O=C(CNCCCC1CC1)Nc1c(Cl)cccc1Cl. The quantitative estimate of drug-likeness (QED) is 0.754. The highest BCUT2D eigenvalue weighted by atomic mass is 35.5. The molecular formula is C14H18Cl2N2O. The number of nitrogens with one attached hydrogen (secondary N) is 2. The number of rotatable bonds is 7. The Bertz CT molecular complexity index is 427. The standard InChI is InChI=1S/C14H18Cl2N2O/c15-11-4-1-5-12(16)14(11)18-13(19)9-17-8-2-3-10-6-7-10/h1,4-5,10,17H,2-3,6-9H2,(H,18,19). The third-order valence-corrected chi connectivity index (χ3v) is 3.81. The van der Waals surface area contributed by atoms with Crippen LogP contribution in [0.1, 0.15) is 25.7 Å². The van der Waals surface area contributed by atoms with Gasteiger partial charge in [0.1, 0.15) is 0 Å². The van der Waals surface area contributed by atoms with E-state index in [0.717, 1.165) is 18.9 Å². The minimum absolute atomic E-state index is 0.124. The molecule has 1 aromatic rings. The Hall–Kier alpha value is -0.770. The van der Waals surface area contributed by atoms with Crippen molar-refractivity contribution >= 4 is 34.8 Å². The van der Waals surface area contributed by atoms with E-state index in [9.17, 15) is 4.79 Å². The van der Waals surface area contributed by atoms with Crippen molar-refractivity contribution < 1.29 is 4.79 Å². The smallest absolute Gasteiger partial charge is 0.238 e. The second-order valence-electron chi connectivity index (χ2n) is 4.91. The fourth-order valence-corrected chi connectivity index (χ4v) is 2.42. The topological polar surface area (TPSA) is 41.1 Å². The lowest BCUT2D eigenvalue weighted by atomic mass is 10.2. The first-order valence-corrected chi connectivity index (χ1v) is 7.37. The first-order chi connectivity index (χ1) is 9.16. The van der Waals surface area contributed by atoms with Gasteiger partial charge in [-0.2, -0.15) is 0 Å². The van der Waals surface area contributed by atoms with Crippen molar-refractivity contribution in [1.82, 2.24) is 5.32 Å². The summed E-state index contributed by atoms with van der Waals surface area (Å²) >= 11 is 12.0. The van der Waals surface area contributed by atoms with Gasteiger partial charge in [-0.25, -0.2) is 0 Å². The monoisotopic (exact) mass is 300 g/mol. The van der Waals surface area contributed by atoms with Crippen LogP contribution < -0.4 is 10.6 Å². The molecule has 1 fully saturated rings. The second kappa shape index (κ2) is 7.13. The third-order valence-electron chi connectivity index (χ3n) is 3.18. The molecule has 0 bridgehead atoms. The Balaban J connectivity index is 1.68. The molecule has 0 radical (unpaired) electrons. The van der Waals surface area contributed by atoms with Crippen LogP contribution in [-0.2, 0) is 4.79 Å². The van der Waals surface area contributed by atoms with Gasteiger partial charge >= 0.3 is 0 Å². The number of carbonyl (C=O) groups excluding carboxylic acids is 1. The molecule has 1 aliphatic rings. The number of benzene rings is 1. The molecule has 0 atom stereocenters. The Morgan fingerprint density at radius 2 is 1.95 bits per heavy atom. The van der Waals surface area contributed by atoms with E-state index in [4.69, 9.17) is 23.2 Å². The molecule has 104 valence electrons. The maximum absolute atomic E-state index is 11.7. The largest absolute Gasteiger partial charge is 0.322 e. The lowest BCUT2D eigenvalue weighted by Crippen LogP contribution is -2.29. The molecule has 0 aliphatic heterocycles. The van der Waals surface area contributed by atoms with Gasteiger partial charge in [-0.3, -0.25) is 4.79 Å². The minimum Gasteiger partial charge on any atom is -0.322 e. The Labute approximate surface area is 123 Å². The molecule has 1 aliphatic carbocycles. The van der Waals surface area contributed by atoms with E-state index in [1.807, 2.05) is 0 Å². The number of carbonyl (C=O) groups is 1. The zero-order valence-corrected chi connectivity index (χ0v) is 12.2. The number of amides is 1. The van der Waals surface area contributed by atoms with E-state index in [1.54, 1.807) is 18.2 Å². The summed E-state index contributed by atoms with van der Waals surface area (Å²) in [7, 11) is 0. The molecular weight excluding hydrogens is 283 g/mol. The summed E-state index contributed by atoms with van der Waals surface area (Å²) < 4.78 is 0. The Morgan fingerprint density at radius 1 is 1.26 bits per heavy atom. The second-order valence-corrected chi connectivity index (χ2v) is 5.72. The van der Waals surface area contributed by atoms with Crippen molar-refractivity contribution in [2.45, 2.75) is 25.7 Å². The van der Waals surface area contributed by atoms with Gasteiger partial charge in [0.25, 0.3) is 0 Å². The molecule has 3 nitrogen and oxygen atoms in total. The fraction of sp³-hybridized carbons (Fsp3) is 0.500. The van der Waals surface area contributed by atoms with Gasteiger partial charge < -0.3 is 10.6 Å². The van der Waals surface area contributed by atoms with Crippen molar-refractivity contribution in [3.63, 3.8) is 0 Å². The van der Waals surface area contributed by atoms with E-state index in [0.29, 0.717) is 15.7 Å². The van der Waals surface area contributed by atoms with Crippen LogP contribution in [-0.4, -0.2) is 19.0 Å². The van der Waals surface area contributed by atoms with Gasteiger partial charge in [0, 0.05) is 0 Å². The lowest BCUT2D eigenvalue weighted by Gasteiger charge is -2.09. The Kier molecular flexibility index (Phi) is 5.49. The van der Waals surface area contributed by atoms with Crippen LogP contribution in [0.2, 0.25) is 10.0 Å². The van der Waals surface area contributed by atoms with Crippen LogP contribution in [0.5, 0.6) is 0 Å². The number of hydrogen-bond donors (Lipinski definition) is 2. The van der Waals surface area contributed by atoms with Crippen molar-refractivity contribution in [3.05, 3.63) is 28.2 Å². The molecule has 0 unspecified atom stereocenters. The lowest BCUT2D eigenvalue weighted by molar-refractivity contribution is -0.115. The molecule has 0 saturated heterocycles. The van der Waals surface area contributed by atoms with Crippen LogP contribution in [0.25, 0.3) is 0 Å². The van der Waals surface area contributed by atoms with Gasteiger partial charge in [0.15, 0.2) is 0 Å². The van der Waals surface area contributed by atoms with Crippen LogP contribution in [0.3, 0.4) is 0 Å². The van der Waals surface area contributed by atoms with Gasteiger partial charge in [-0.05, 0) is 37.4 Å². The molecule has 0 spiro atoms. The van der Waals surface area contributed by atoms with Gasteiger partial charge in [-0.1, -0.05) is 42.1 Å². The number of anilines is 1. The maximum atomic E-state index is 11.7. The van der Waals surface area contributed by atoms with Gasteiger partial charge in [0.2, 0.25) is 5.91 Å². The summed E-state index contributed by atoms with van der Waals surface area (Å²) in [4.78, 5) is 11.7. The van der Waals surface area contributed by atoms with Crippen molar-refractivity contribution in [1.29, 1.82) is 0 Å². The third kappa shape index (κ3) is 5.01. The molecule has 1 aromatic carbocycles. The predicted octanol–water partition coefficient (Wildman–Crippen LogP) is 3.71. The average molecular weight is 301 g/mol. The summed E-state index contributed by atoms with van der Waals surface area (Å²) in [5.41, 5.74) is 0.482. The molecule has 1 amide bonds. The van der Waals surface area contributed by atoms with Gasteiger partial charge in [0.05, 0.1) is 22.3 Å². The number of halogens is 2. The highest BCUT2D eigenvalue weighted by Gasteiger charge is 2.19. The van der Waals surface area contributed by atoms with Crippen molar-refractivity contribution in [2.75, 3.05) is 18.4 Å². The Morgan fingerprint density at radius 3 is 2.58 bits per heavy atom. The van der Waals surface area contributed by atoms with Crippen molar-refractivity contribution in [3.8, 4) is 0 Å². The highest BCUT2D eigenvalue weighted by Crippen LogP contribution is 2.33. The average Bonchev–Trinajstić information content (AvgIpc) is 3.18. The first kappa shape index (κ1) is 14.6. The molecule has 2 N–H and O–H groups in total. The summed E-state index contributed by atoms with van der Waals surface area (Å²) in [6.45, 7) is 1.16. The zero-order chi connectivity index (χ0) is 13.7. The van der Waals surface area contributed by atoms with Crippen LogP contribution >= 0.6 is 23.2 Å². The van der Waals surface area contributed by atoms with Crippen LogP contribution in [0, 0.1) is 5.92 Å². The number of hydrogen-bond acceptors (Lipinski definition) is 2. The predicted molar refractivity (Wildman–Crippen MR) is 79.9 cm³/mol. The molecule has 2 rings (SSSR count). The fourth-order valence-electron chi connectivity index (χ4n) is 1.93. The highest BCUT2D eigenvalue weighted by molar-refractivity contribution is 6.39. The summed E-state index contributed by atoms with van der Waals surface area (Å²) in [5, 5.41) is 6.76. The van der Waals surface area contributed by atoms with E-state index in [2.05, 4.69) is 10.6 Å². The molecule has 1 saturated carbocycles. The van der Waals surface area contributed by atoms with E-state index in [1.165, 1.54) is 19.3 Å². The summed E-state index contributed by atoms with van der Waals surface area (Å²) in [6.07, 6.45) is 5.16. The zero-order valence-electron chi connectivity index (χ0n) is 10.7. The normalized spacial score (nSPS) is 14.4. The molecule has 0 aromatic heterocycles. The summed E-state index contributed by atoms with van der Waals surface area (Å²) in [6, 6.07) is 5.15. The number of para-hydroxylation sites is 1. The molecule has 0 heterocycles. The summed E-state index contributed by atoms with van der Waals surface area (Å²) in [5.74, 6) is 0.819. The minimum atomic E-state index is -0.124. The van der Waals surface area contributed by atoms with Crippen molar-refractivity contribution in [2.24, 2.45) is 5.92 Å². The molecule has 19 heavy (non-hydrogen) atoms. The molecule has 5 heteroatoms.